The number of rotatable bonds is 3. The van der Waals surface area contributed by atoms with Gasteiger partial charge in [-0.1, -0.05) is 6.07 Å². The van der Waals surface area contributed by atoms with Crippen molar-refractivity contribution in [3.63, 3.8) is 0 Å². The third-order valence-electron chi connectivity index (χ3n) is 3.09. The van der Waals surface area contributed by atoms with Crippen molar-refractivity contribution >= 4 is 5.97 Å². The van der Waals surface area contributed by atoms with E-state index >= 15 is 0 Å². The molecule has 1 fully saturated rings. The average molecular weight is 236 g/mol. The molecular formula is C12H16N2O3. The molecule has 5 heteroatoms. The summed E-state index contributed by atoms with van der Waals surface area (Å²) in [5, 5.41) is 8.94. The van der Waals surface area contributed by atoms with Crippen molar-refractivity contribution in [2.24, 2.45) is 0 Å². The minimum atomic E-state index is -0.895. The highest BCUT2D eigenvalue weighted by Crippen LogP contribution is 2.21. The summed E-state index contributed by atoms with van der Waals surface area (Å²) in [6.07, 6.45) is 2.83. The van der Waals surface area contributed by atoms with Gasteiger partial charge in [-0.15, -0.1) is 0 Å². The Morgan fingerprint density at radius 2 is 2.53 bits per heavy atom. The van der Waals surface area contributed by atoms with E-state index in [-0.39, 0.29) is 6.04 Å². The van der Waals surface area contributed by atoms with Crippen LogP contribution in [0.1, 0.15) is 18.5 Å². The van der Waals surface area contributed by atoms with Gasteiger partial charge in [0.15, 0.2) is 6.10 Å². The van der Waals surface area contributed by atoms with E-state index in [1.54, 1.807) is 6.20 Å². The third kappa shape index (κ3) is 2.81. The smallest absolute Gasteiger partial charge is 0.334 e. The molecule has 1 saturated heterocycles. The number of carboxylic acid groups (broad SMARTS) is 1. The maximum absolute atomic E-state index is 10.9. The van der Waals surface area contributed by atoms with E-state index in [2.05, 4.69) is 16.8 Å². The van der Waals surface area contributed by atoms with Gasteiger partial charge in [-0.25, -0.2) is 4.79 Å². The monoisotopic (exact) mass is 236 g/mol. The van der Waals surface area contributed by atoms with Gasteiger partial charge in [0.05, 0.1) is 6.61 Å². The van der Waals surface area contributed by atoms with Crippen LogP contribution in [0.15, 0.2) is 24.5 Å². The zero-order chi connectivity index (χ0) is 12.3. The van der Waals surface area contributed by atoms with Crippen LogP contribution in [0.25, 0.3) is 0 Å². The lowest BCUT2D eigenvalue weighted by molar-refractivity contribution is -0.157. The number of hydrogen-bond donors (Lipinski definition) is 1. The largest absolute Gasteiger partial charge is 0.479 e. The molecule has 1 aliphatic heterocycles. The van der Waals surface area contributed by atoms with Gasteiger partial charge in [0.2, 0.25) is 0 Å². The maximum Gasteiger partial charge on any atom is 0.334 e. The number of morpholine rings is 1. The van der Waals surface area contributed by atoms with Crippen LogP contribution in [0, 0.1) is 0 Å². The van der Waals surface area contributed by atoms with Gasteiger partial charge < -0.3 is 9.84 Å². The SMILES string of the molecule is CC(c1cccnc1)N1CCOC(C(=O)O)C1. The molecule has 2 heterocycles. The van der Waals surface area contributed by atoms with E-state index < -0.39 is 12.1 Å². The second kappa shape index (κ2) is 5.25. The number of pyridine rings is 1. The quantitative estimate of drug-likeness (QED) is 0.845. The number of aromatic nitrogens is 1. The lowest BCUT2D eigenvalue weighted by Crippen LogP contribution is -2.46. The molecule has 0 spiro atoms. The molecule has 1 aromatic rings. The number of carbonyl (C=O) groups is 1. The van der Waals surface area contributed by atoms with Gasteiger partial charge in [-0.2, -0.15) is 0 Å². The minimum absolute atomic E-state index is 0.162. The second-order valence-corrected chi connectivity index (χ2v) is 4.15. The third-order valence-corrected chi connectivity index (χ3v) is 3.09. The van der Waals surface area contributed by atoms with Gasteiger partial charge in [0, 0.05) is 31.5 Å². The Labute approximate surface area is 100 Å². The molecule has 0 aromatic carbocycles. The summed E-state index contributed by atoms with van der Waals surface area (Å²) >= 11 is 0. The zero-order valence-electron chi connectivity index (χ0n) is 9.74. The number of aliphatic carboxylic acids is 1. The molecule has 0 amide bonds. The van der Waals surface area contributed by atoms with Crippen LogP contribution in [-0.4, -0.2) is 46.8 Å². The molecule has 1 N–H and O–H groups in total. The van der Waals surface area contributed by atoms with Gasteiger partial charge in [-0.3, -0.25) is 9.88 Å². The lowest BCUT2D eigenvalue weighted by Gasteiger charge is -2.35. The second-order valence-electron chi connectivity index (χ2n) is 4.15. The van der Waals surface area contributed by atoms with Crippen molar-refractivity contribution in [1.82, 2.24) is 9.88 Å². The normalized spacial score (nSPS) is 23.2. The van der Waals surface area contributed by atoms with Crippen molar-refractivity contribution in [1.29, 1.82) is 0 Å². The molecule has 2 rings (SSSR count). The first kappa shape index (κ1) is 12.0. The number of ether oxygens (including phenoxy) is 1. The number of nitrogens with zero attached hydrogens (tertiary/aromatic N) is 2. The fraction of sp³-hybridized carbons (Fsp3) is 0.500. The first-order valence-corrected chi connectivity index (χ1v) is 5.67. The van der Waals surface area contributed by atoms with E-state index in [0.717, 1.165) is 12.1 Å². The van der Waals surface area contributed by atoms with Crippen molar-refractivity contribution < 1.29 is 14.6 Å². The lowest BCUT2D eigenvalue weighted by atomic mass is 10.1. The Morgan fingerprint density at radius 1 is 1.71 bits per heavy atom. The molecule has 92 valence electrons. The van der Waals surface area contributed by atoms with Gasteiger partial charge in [0.25, 0.3) is 0 Å². The highest BCUT2D eigenvalue weighted by molar-refractivity contribution is 5.72. The maximum atomic E-state index is 10.9. The summed E-state index contributed by atoms with van der Waals surface area (Å²) in [6.45, 7) is 3.69. The zero-order valence-corrected chi connectivity index (χ0v) is 9.74. The predicted octanol–water partition coefficient (Wildman–Crippen LogP) is 0.928. The predicted molar refractivity (Wildman–Crippen MR) is 61.6 cm³/mol. The van der Waals surface area contributed by atoms with Crippen molar-refractivity contribution in [3.8, 4) is 0 Å². The van der Waals surface area contributed by atoms with Crippen molar-refractivity contribution in [2.75, 3.05) is 19.7 Å². The summed E-state index contributed by atoms with van der Waals surface area (Å²) in [5.41, 5.74) is 1.10. The molecular weight excluding hydrogens is 220 g/mol. The molecule has 5 nitrogen and oxygen atoms in total. The first-order chi connectivity index (χ1) is 8.18. The topological polar surface area (TPSA) is 62.7 Å². The Morgan fingerprint density at radius 3 is 3.18 bits per heavy atom. The van der Waals surface area contributed by atoms with Gasteiger partial charge >= 0.3 is 5.97 Å². The van der Waals surface area contributed by atoms with Crippen LogP contribution in [0.4, 0.5) is 0 Å². The first-order valence-electron chi connectivity index (χ1n) is 5.67. The van der Waals surface area contributed by atoms with E-state index in [1.807, 2.05) is 18.3 Å². The molecule has 0 saturated carbocycles. The van der Waals surface area contributed by atoms with Crippen LogP contribution in [-0.2, 0) is 9.53 Å². The highest BCUT2D eigenvalue weighted by atomic mass is 16.5. The summed E-state index contributed by atoms with van der Waals surface area (Å²) in [4.78, 5) is 17.1. The van der Waals surface area contributed by atoms with Crippen molar-refractivity contribution in [2.45, 2.75) is 19.1 Å². The molecule has 1 aliphatic rings. The minimum Gasteiger partial charge on any atom is -0.479 e. The molecule has 2 atom stereocenters. The van der Waals surface area contributed by atoms with E-state index in [4.69, 9.17) is 9.84 Å². The fourth-order valence-electron chi connectivity index (χ4n) is 2.00. The summed E-state index contributed by atoms with van der Waals surface area (Å²) in [7, 11) is 0. The fourth-order valence-corrected chi connectivity index (χ4v) is 2.00. The Bertz CT molecular complexity index is 383. The van der Waals surface area contributed by atoms with E-state index in [0.29, 0.717) is 13.2 Å². The molecule has 2 unspecified atom stereocenters. The average Bonchev–Trinajstić information content (AvgIpc) is 2.39. The summed E-state index contributed by atoms with van der Waals surface area (Å²) in [5.74, 6) is -0.895. The summed E-state index contributed by atoms with van der Waals surface area (Å²) < 4.78 is 5.20. The van der Waals surface area contributed by atoms with Crippen LogP contribution in [0.2, 0.25) is 0 Å². The van der Waals surface area contributed by atoms with E-state index in [9.17, 15) is 4.79 Å². The van der Waals surface area contributed by atoms with Gasteiger partial charge in [0.1, 0.15) is 0 Å². The highest BCUT2D eigenvalue weighted by Gasteiger charge is 2.29. The Hall–Kier alpha value is -1.46. The number of hydrogen-bond acceptors (Lipinski definition) is 4. The molecule has 0 radical (unpaired) electrons. The van der Waals surface area contributed by atoms with Crippen LogP contribution >= 0.6 is 0 Å². The molecule has 0 aliphatic carbocycles. The molecule has 0 bridgehead atoms. The number of carboxylic acids is 1. The van der Waals surface area contributed by atoms with Crippen LogP contribution in [0.5, 0.6) is 0 Å². The molecule has 17 heavy (non-hydrogen) atoms. The summed E-state index contributed by atoms with van der Waals surface area (Å²) in [6, 6.07) is 4.05. The van der Waals surface area contributed by atoms with E-state index in [1.165, 1.54) is 0 Å². The Kier molecular flexibility index (Phi) is 3.71. The van der Waals surface area contributed by atoms with Crippen LogP contribution in [0.3, 0.4) is 0 Å². The standard InChI is InChI=1S/C12H16N2O3/c1-9(10-3-2-4-13-7-10)14-5-6-17-11(8-14)12(15)16/h2-4,7,9,11H,5-6,8H2,1H3,(H,15,16). The molecule has 1 aromatic heterocycles. The van der Waals surface area contributed by atoms with Gasteiger partial charge in [-0.05, 0) is 18.6 Å². The Balaban J connectivity index is 2.05. The van der Waals surface area contributed by atoms with Crippen LogP contribution < -0.4 is 0 Å². The van der Waals surface area contributed by atoms with Crippen molar-refractivity contribution in [3.05, 3.63) is 30.1 Å².